The Morgan fingerprint density at radius 2 is 1.91 bits per heavy atom. The highest BCUT2D eigenvalue weighted by Gasteiger charge is 2.48. The first-order valence-corrected chi connectivity index (χ1v) is 8.03. The summed E-state index contributed by atoms with van der Waals surface area (Å²) in [6.07, 6.45) is 3.76. The number of para-hydroxylation sites is 2. The van der Waals surface area contributed by atoms with Gasteiger partial charge in [0.1, 0.15) is 6.61 Å². The summed E-state index contributed by atoms with van der Waals surface area (Å²) in [5.41, 5.74) is 0.251. The number of hydrogen-bond donors (Lipinski definition) is 1. The number of amides is 1. The van der Waals surface area contributed by atoms with Gasteiger partial charge in [-0.25, -0.2) is 0 Å². The van der Waals surface area contributed by atoms with Crippen molar-refractivity contribution in [3.8, 4) is 11.5 Å². The Kier molecular flexibility index (Phi) is 3.45. The monoisotopic (exact) mass is 303 g/mol. The van der Waals surface area contributed by atoms with Gasteiger partial charge in [-0.2, -0.15) is 0 Å². The smallest absolute Gasteiger partial charge is 0.264 e. The second-order valence-electron chi connectivity index (χ2n) is 6.44. The normalized spacial score (nSPS) is 28.7. The predicted octanol–water partition coefficient (Wildman–Crippen LogP) is 1.90. The molecule has 22 heavy (non-hydrogen) atoms. The number of carbonyl (C=O) groups excluding carboxylic acids is 1. The molecule has 0 bridgehead atoms. The minimum absolute atomic E-state index is 0.0648. The largest absolute Gasteiger partial charge is 0.485 e. The van der Waals surface area contributed by atoms with Crippen molar-refractivity contribution in [3.63, 3.8) is 0 Å². The Balaban J connectivity index is 1.39. The zero-order chi connectivity index (χ0) is 15.0. The van der Waals surface area contributed by atoms with E-state index in [0.717, 1.165) is 32.5 Å². The minimum atomic E-state index is -0.563. The van der Waals surface area contributed by atoms with Crippen LogP contribution in [0.25, 0.3) is 0 Å². The molecule has 2 aliphatic heterocycles. The van der Waals surface area contributed by atoms with Crippen molar-refractivity contribution in [2.75, 3.05) is 19.8 Å². The maximum Gasteiger partial charge on any atom is 0.264 e. The molecule has 2 fully saturated rings. The summed E-state index contributed by atoms with van der Waals surface area (Å²) in [4.78, 5) is 12.5. The fourth-order valence-corrected chi connectivity index (χ4v) is 3.71. The molecule has 1 aromatic rings. The van der Waals surface area contributed by atoms with E-state index < -0.39 is 6.10 Å². The van der Waals surface area contributed by atoms with Gasteiger partial charge in [-0.05, 0) is 43.2 Å². The molecule has 0 radical (unpaired) electrons. The van der Waals surface area contributed by atoms with Gasteiger partial charge in [0.05, 0.1) is 0 Å². The summed E-state index contributed by atoms with van der Waals surface area (Å²) < 4.78 is 16.9. The topological polar surface area (TPSA) is 56.8 Å². The third-order valence-corrected chi connectivity index (χ3v) is 5.28. The number of fused-ring (bicyclic) bond motifs is 1. The van der Waals surface area contributed by atoms with Crippen LogP contribution in [-0.2, 0) is 9.53 Å². The van der Waals surface area contributed by atoms with Gasteiger partial charge in [0, 0.05) is 19.3 Å². The van der Waals surface area contributed by atoms with Gasteiger partial charge in [-0.1, -0.05) is 12.1 Å². The van der Waals surface area contributed by atoms with Crippen LogP contribution >= 0.6 is 0 Å². The fourth-order valence-electron chi connectivity index (χ4n) is 3.71. The molecule has 1 N–H and O–H groups in total. The van der Waals surface area contributed by atoms with Crippen molar-refractivity contribution in [1.29, 1.82) is 0 Å². The summed E-state index contributed by atoms with van der Waals surface area (Å²) in [5, 5.41) is 3.18. The molecule has 5 heteroatoms. The molecule has 2 atom stereocenters. The molecular formula is C17H21NO4. The van der Waals surface area contributed by atoms with E-state index in [0.29, 0.717) is 11.5 Å². The van der Waals surface area contributed by atoms with Crippen molar-refractivity contribution in [3.05, 3.63) is 24.3 Å². The lowest BCUT2D eigenvalue weighted by atomic mass is 9.60. The second kappa shape index (κ2) is 5.47. The van der Waals surface area contributed by atoms with Gasteiger partial charge < -0.3 is 19.5 Å². The third-order valence-electron chi connectivity index (χ3n) is 5.28. The van der Waals surface area contributed by atoms with Crippen LogP contribution < -0.4 is 14.8 Å². The molecule has 5 nitrogen and oxygen atoms in total. The van der Waals surface area contributed by atoms with Crippen LogP contribution in [0.5, 0.6) is 11.5 Å². The molecule has 1 aliphatic carbocycles. The number of ether oxygens (including phenoxy) is 3. The van der Waals surface area contributed by atoms with Crippen LogP contribution in [0.1, 0.15) is 25.7 Å². The highest BCUT2D eigenvalue weighted by atomic mass is 16.6. The number of nitrogens with one attached hydrogen (secondary N) is 1. The van der Waals surface area contributed by atoms with Crippen LogP contribution in [0.3, 0.4) is 0 Å². The lowest BCUT2D eigenvalue weighted by Gasteiger charge is -2.52. The van der Waals surface area contributed by atoms with Gasteiger partial charge in [0.25, 0.3) is 5.91 Å². The van der Waals surface area contributed by atoms with Gasteiger partial charge in [-0.15, -0.1) is 0 Å². The van der Waals surface area contributed by atoms with E-state index in [2.05, 4.69) is 5.32 Å². The molecule has 0 aromatic heterocycles. The summed E-state index contributed by atoms with van der Waals surface area (Å²) in [5.74, 6) is 1.28. The molecule has 1 amide bonds. The summed E-state index contributed by atoms with van der Waals surface area (Å²) in [7, 11) is 0. The van der Waals surface area contributed by atoms with E-state index in [1.54, 1.807) is 0 Å². The van der Waals surface area contributed by atoms with E-state index in [-0.39, 0.29) is 24.0 Å². The Hall–Kier alpha value is -1.75. The molecule has 2 heterocycles. The van der Waals surface area contributed by atoms with E-state index in [1.165, 1.54) is 6.42 Å². The summed E-state index contributed by atoms with van der Waals surface area (Å²) >= 11 is 0. The number of rotatable bonds is 2. The maximum atomic E-state index is 12.5. The zero-order valence-corrected chi connectivity index (χ0v) is 12.5. The molecule has 1 spiro atoms. The van der Waals surface area contributed by atoms with E-state index in [1.807, 2.05) is 24.3 Å². The molecule has 3 aliphatic rings. The minimum Gasteiger partial charge on any atom is -0.485 e. The molecule has 1 saturated carbocycles. The highest BCUT2D eigenvalue weighted by Crippen LogP contribution is 2.48. The third kappa shape index (κ3) is 2.33. The Labute approximate surface area is 129 Å². The van der Waals surface area contributed by atoms with Gasteiger partial charge in [-0.3, -0.25) is 4.79 Å². The first-order valence-electron chi connectivity index (χ1n) is 8.03. The highest BCUT2D eigenvalue weighted by molar-refractivity contribution is 5.82. The van der Waals surface area contributed by atoms with E-state index >= 15 is 0 Å². The van der Waals surface area contributed by atoms with Crippen LogP contribution in [0, 0.1) is 5.41 Å². The maximum absolute atomic E-state index is 12.5. The second-order valence-corrected chi connectivity index (χ2v) is 6.44. The first kappa shape index (κ1) is 13.9. The van der Waals surface area contributed by atoms with Crippen LogP contribution in [0.15, 0.2) is 24.3 Å². The van der Waals surface area contributed by atoms with Crippen molar-refractivity contribution in [2.45, 2.75) is 37.8 Å². The lowest BCUT2D eigenvalue weighted by molar-refractivity contribution is -0.136. The zero-order valence-electron chi connectivity index (χ0n) is 12.5. The molecule has 118 valence electrons. The van der Waals surface area contributed by atoms with E-state index in [4.69, 9.17) is 14.2 Å². The van der Waals surface area contributed by atoms with Crippen LogP contribution in [-0.4, -0.2) is 37.9 Å². The van der Waals surface area contributed by atoms with Gasteiger partial charge >= 0.3 is 0 Å². The van der Waals surface area contributed by atoms with Crippen molar-refractivity contribution in [2.24, 2.45) is 5.41 Å². The van der Waals surface area contributed by atoms with Crippen molar-refractivity contribution >= 4 is 5.91 Å². The van der Waals surface area contributed by atoms with Crippen molar-refractivity contribution in [1.82, 2.24) is 5.32 Å². The lowest BCUT2D eigenvalue weighted by Crippen LogP contribution is -2.59. The Bertz CT molecular complexity index is 568. The fraction of sp³-hybridized carbons (Fsp3) is 0.588. The average molecular weight is 303 g/mol. The summed E-state index contributed by atoms with van der Waals surface area (Å²) in [6.45, 7) is 1.89. The van der Waals surface area contributed by atoms with E-state index in [9.17, 15) is 4.79 Å². The Morgan fingerprint density at radius 3 is 2.64 bits per heavy atom. The van der Waals surface area contributed by atoms with Gasteiger partial charge in [0.15, 0.2) is 11.5 Å². The standard InChI is InChI=1S/C17H21NO4/c19-16(14-11-21-12-3-1-2-4-13(12)22-14)18-15-5-6-17(15)7-9-20-10-8-17/h1-4,14-15H,5-11H2,(H,18,19). The molecule has 4 rings (SSSR count). The van der Waals surface area contributed by atoms with Crippen molar-refractivity contribution < 1.29 is 19.0 Å². The van der Waals surface area contributed by atoms with Crippen LogP contribution in [0.4, 0.5) is 0 Å². The summed E-state index contributed by atoms with van der Waals surface area (Å²) in [6, 6.07) is 7.71. The van der Waals surface area contributed by atoms with Crippen LogP contribution in [0.2, 0.25) is 0 Å². The number of hydrogen-bond acceptors (Lipinski definition) is 4. The molecular weight excluding hydrogens is 282 g/mol. The predicted molar refractivity (Wildman–Crippen MR) is 80.0 cm³/mol. The first-order chi connectivity index (χ1) is 10.8. The molecule has 1 aromatic carbocycles. The number of carbonyl (C=O) groups is 1. The molecule has 2 unspecified atom stereocenters. The van der Waals surface area contributed by atoms with Gasteiger partial charge in [0.2, 0.25) is 6.10 Å². The quantitative estimate of drug-likeness (QED) is 0.906. The Morgan fingerprint density at radius 1 is 1.14 bits per heavy atom. The molecule has 1 saturated heterocycles. The SMILES string of the molecule is O=C(NC1CCC12CCOCC2)C1COc2ccccc2O1. The number of benzene rings is 1. The average Bonchev–Trinajstić information content (AvgIpc) is 2.59.